The Hall–Kier alpha value is -2.33. The molecule has 0 saturated carbocycles. The molecule has 2 aromatic rings. The number of aryl methyl sites for hydroxylation is 2. The summed E-state index contributed by atoms with van der Waals surface area (Å²) in [4.78, 5) is 28.7. The van der Waals surface area contributed by atoms with Crippen LogP contribution in [0.25, 0.3) is 0 Å². The SMILES string of the molecule is CC[C@@H](C(=O)NC(C)(C)C)N(Cc1c(Cl)cccc1Cl)C(=O)CN(c1cc(C)ccc1C)S(=O)(=O)N(C)C. The number of hydrogen-bond acceptors (Lipinski definition) is 4. The van der Waals surface area contributed by atoms with Gasteiger partial charge in [-0.2, -0.15) is 12.7 Å². The molecule has 38 heavy (non-hydrogen) atoms. The Labute approximate surface area is 237 Å². The number of nitrogens with zero attached hydrogens (tertiary/aromatic N) is 3. The molecule has 0 aliphatic heterocycles. The molecule has 0 aromatic heterocycles. The predicted octanol–water partition coefficient (Wildman–Crippen LogP) is 4.95. The Bertz CT molecular complexity index is 1260. The minimum absolute atomic E-state index is 0.0734. The topological polar surface area (TPSA) is 90.0 Å². The molecule has 210 valence electrons. The lowest BCUT2D eigenvalue weighted by Gasteiger charge is -2.35. The van der Waals surface area contributed by atoms with Crippen LogP contribution in [0.2, 0.25) is 10.0 Å². The number of carbonyl (C=O) groups is 2. The van der Waals surface area contributed by atoms with E-state index in [0.29, 0.717) is 33.3 Å². The van der Waals surface area contributed by atoms with E-state index in [4.69, 9.17) is 23.2 Å². The average molecular weight is 586 g/mol. The molecule has 2 rings (SSSR count). The Morgan fingerprint density at radius 2 is 1.61 bits per heavy atom. The molecule has 1 N–H and O–H groups in total. The summed E-state index contributed by atoms with van der Waals surface area (Å²) in [7, 11) is -1.25. The van der Waals surface area contributed by atoms with Crippen LogP contribution in [0.4, 0.5) is 5.69 Å². The zero-order valence-electron chi connectivity index (χ0n) is 23.3. The fourth-order valence-corrected chi connectivity index (χ4v) is 5.55. The van der Waals surface area contributed by atoms with Crippen LogP contribution >= 0.6 is 23.2 Å². The van der Waals surface area contributed by atoms with E-state index in [0.717, 1.165) is 14.2 Å². The largest absolute Gasteiger partial charge is 0.350 e. The second-order valence-electron chi connectivity index (χ2n) is 10.5. The van der Waals surface area contributed by atoms with Crippen molar-refractivity contribution in [1.82, 2.24) is 14.5 Å². The van der Waals surface area contributed by atoms with Gasteiger partial charge in [-0.25, -0.2) is 4.31 Å². The second kappa shape index (κ2) is 12.7. The summed E-state index contributed by atoms with van der Waals surface area (Å²) in [6.07, 6.45) is 0.291. The van der Waals surface area contributed by atoms with Crippen molar-refractivity contribution in [1.29, 1.82) is 0 Å². The summed E-state index contributed by atoms with van der Waals surface area (Å²) >= 11 is 12.9. The smallest absolute Gasteiger partial charge is 0.304 e. The van der Waals surface area contributed by atoms with Gasteiger partial charge < -0.3 is 10.2 Å². The van der Waals surface area contributed by atoms with Crippen molar-refractivity contribution in [3.05, 3.63) is 63.1 Å². The quantitative estimate of drug-likeness (QED) is 0.428. The summed E-state index contributed by atoms with van der Waals surface area (Å²) < 4.78 is 29.0. The van der Waals surface area contributed by atoms with Crippen molar-refractivity contribution in [3.8, 4) is 0 Å². The Morgan fingerprint density at radius 1 is 1.03 bits per heavy atom. The molecule has 0 aliphatic carbocycles. The van der Waals surface area contributed by atoms with E-state index in [1.807, 2.05) is 33.8 Å². The fraction of sp³-hybridized carbons (Fsp3) is 0.481. The van der Waals surface area contributed by atoms with Crippen LogP contribution in [0.1, 0.15) is 50.8 Å². The van der Waals surface area contributed by atoms with Gasteiger partial charge in [0, 0.05) is 41.8 Å². The molecule has 0 bridgehead atoms. The minimum Gasteiger partial charge on any atom is -0.350 e. The first kappa shape index (κ1) is 31.9. The Morgan fingerprint density at radius 3 is 2.11 bits per heavy atom. The fourth-order valence-electron chi connectivity index (χ4n) is 3.92. The van der Waals surface area contributed by atoms with Gasteiger partial charge in [-0.1, -0.05) is 48.3 Å². The highest BCUT2D eigenvalue weighted by Gasteiger charge is 2.35. The summed E-state index contributed by atoms with van der Waals surface area (Å²) in [5.41, 5.74) is 1.84. The second-order valence-corrected chi connectivity index (χ2v) is 13.4. The standard InChI is InChI=1S/C27H38Cl2N4O4S/c1-9-23(26(35)30-27(4,5)6)32(16-20-21(28)11-10-12-22(20)29)25(34)17-33(38(36,37)31(7)8)24-15-18(2)13-14-19(24)3/h10-15,23H,9,16-17H2,1-8H3,(H,30,35)/t23-/m0/s1. The summed E-state index contributed by atoms with van der Waals surface area (Å²) in [5, 5.41) is 3.61. The molecular weight excluding hydrogens is 547 g/mol. The number of carbonyl (C=O) groups excluding carboxylic acids is 2. The number of hydrogen-bond donors (Lipinski definition) is 1. The molecule has 0 heterocycles. The maximum Gasteiger partial charge on any atom is 0.304 e. The van der Waals surface area contributed by atoms with Crippen LogP contribution in [-0.4, -0.2) is 61.7 Å². The first-order chi connectivity index (χ1) is 17.5. The first-order valence-electron chi connectivity index (χ1n) is 12.3. The van der Waals surface area contributed by atoms with E-state index < -0.39 is 34.2 Å². The van der Waals surface area contributed by atoms with Crippen LogP contribution in [-0.2, 0) is 26.3 Å². The zero-order valence-corrected chi connectivity index (χ0v) is 25.6. The number of rotatable bonds is 10. The number of nitrogens with one attached hydrogen (secondary N) is 1. The van der Waals surface area contributed by atoms with Crippen molar-refractivity contribution in [3.63, 3.8) is 0 Å². The predicted molar refractivity (Wildman–Crippen MR) is 155 cm³/mol. The van der Waals surface area contributed by atoms with E-state index >= 15 is 0 Å². The van der Waals surface area contributed by atoms with Crippen molar-refractivity contribution in [2.24, 2.45) is 0 Å². The molecule has 0 radical (unpaired) electrons. The van der Waals surface area contributed by atoms with Gasteiger partial charge in [0.1, 0.15) is 12.6 Å². The summed E-state index contributed by atoms with van der Waals surface area (Å²) in [5.74, 6) is -0.923. The lowest BCUT2D eigenvalue weighted by molar-refractivity contribution is -0.141. The number of benzene rings is 2. The maximum absolute atomic E-state index is 14.0. The molecule has 2 amide bonds. The molecule has 1 atom stereocenters. The highest BCUT2D eigenvalue weighted by Crippen LogP contribution is 2.29. The van der Waals surface area contributed by atoms with Gasteiger partial charge in [0.15, 0.2) is 0 Å². The van der Waals surface area contributed by atoms with Crippen LogP contribution in [0.3, 0.4) is 0 Å². The number of amides is 2. The highest BCUT2D eigenvalue weighted by atomic mass is 35.5. The van der Waals surface area contributed by atoms with Crippen molar-refractivity contribution >= 4 is 50.9 Å². The van der Waals surface area contributed by atoms with Gasteiger partial charge in [-0.3, -0.25) is 9.59 Å². The van der Waals surface area contributed by atoms with Crippen molar-refractivity contribution in [2.45, 2.75) is 66.1 Å². The van der Waals surface area contributed by atoms with Gasteiger partial charge in [-0.05, 0) is 70.4 Å². The monoisotopic (exact) mass is 584 g/mol. The average Bonchev–Trinajstić information content (AvgIpc) is 2.79. The van der Waals surface area contributed by atoms with Crippen LogP contribution < -0.4 is 9.62 Å². The van der Waals surface area contributed by atoms with E-state index in [2.05, 4.69) is 5.32 Å². The van der Waals surface area contributed by atoms with E-state index in [1.54, 1.807) is 44.2 Å². The van der Waals surface area contributed by atoms with Crippen molar-refractivity contribution in [2.75, 3.05) is 24.9 Å². The van der Waals surface area contributed by atoms with Crippen LogP contribution in [0, 0.1) is 13.8 Å². The molecule has 8 nitrogen and oxygen atoms in total. The lowest BCUT2D eigenvalue weighted by Crippen LogP contribution is -2.55. The van der Waals surface area contributed by atoms with E-state index in [1.165, 1.54) is 19.0 Å². The maximum atomic E-state index is 14.0. The van der Waals surface area contributed by atoms with Crippen molar-refractivity contribution < 1.29 is 18.0 Å². The van der Waals surface area contributed by atoms with Gasteiger partial charge in [0.05, 0.1) is 5.69 Å². The number of anilines is 1. The highest BCUT2D eigenvalue weighted by molar-refractivity contribution is 7.90. The van der Waals surface area contributed by atoms with Crippen LogP contribution in [0.15, 0.2) is 36.4 Å². The molecule has 0 spiro atoms. The van der Waals surface area contributed by atoms with Gasteiger partial charge in [0.25, 0.3) is 0 Å². The van der Waals surface area contributed by atoms with Gasteiger partial charge in [-0.15, -0.1) is 0 Å². The molecule has 0 saturated heterocycles. The lowest BCUT2D eigenvalue weighted by atomic mass is 10.1. The zero-order chi connectivity index (χ0) is 29.0. The third-order valence-corrected chi connectivity index (χ3v) is 8.44. The summed E-state index contributed by atoms with van der Waals surface area (Å²) in [6.45, 7) is 10.4. The van der Waals surface area contributed by atoms with Gasteiger partial charge in [0.2, 0.25) is 11.8 Å². The normalized spacial score (nSPS) is 12.8. The molecule has 0 unspecified atom stereocenters. The molecule has 11 heteroatoms. The van der Waals surface area contributed by atoms with E-state index in [-0.39, 0.29) is 12.5 Å². The molecule has 2 aromatic carbocycles. The summed E-state index contributed by atoms with van der Waals surface area (Å²) in [6, 6.07) is 9.51. The number of halogens is 2. The van der Waals surface area contributed by atoms with Crippen LogP contribution in [0.5, 0.6) is 0 Å². The Balaban J connectivity index is 2.64. The molecule has 0 aliphatic rings. The first-order valence-corrected chi connectivity index (χ1v) is 14.5. The Kier molecular flexibility index (Phi) is 10.6. The third-order valence-electron chi connectivity index (χ3n) is 5.93. The minimum atomic E-state index is -4.06. The third kappa shape index (κ3) is 7.85. The molecular formula is C27H38Cl2N4O4S. The van der Waals surface area contributed by atoms with E-state index in [9.17, 15) is 18.0 Å². The molecule has 0 fully saturated rings. The van der Waals surface area contributed by atoms with Gasteiger partial charge >= 0.3 is 10.2 Å².